The van der Waals surface area contributed by atoms with Crippen LogP contribution in [-0.2, 0) is 58.3 Å². The van der Waals surface area contributed by atoms with Gasteiger partial charge in [-0.05, 0) is 12.8 Å². The Morgan fingerprint density at radius 2 is 0.784 bits per heavy atom. The summed E-state index contributed by atoms with van der Waals surface area (Å²) >= 11 is 0. The molecular formula is C23H56F8N2O14S4. The summed E-state index contributed by atoms with van der Waals surface area (Å²) < 4.78 is 221. The van der Waals surface area contributed by atoms with Gasteiger partial charge in [-0.25, -0.2) is 33.7 Å². The van der Waals surface area contributed by atoms with Crippen LogP contribution in [0.1, 0.15) is 56.4 Å². The van der Waals surface area contributed by atoms with Gasteiger partial charge in [-0.2, -0.15) is 35.1 Å². The van der Waals surface area contributed by atoms with Gasteiger partial charge in [0.2, 0.25) is 20.8 Å². The summed E-state index contributed by atoms with van der Waals surface area (Å²) in [7, 11) is -17.2. The Morgan fingerprint density at radius 3 is 1.00 bits per heavy atom. The Balaban J connectivity index is -0.000000109. The molecule has 0 aromatic heterocycles. The monoisotopic (exact) mass is 864 g/mol. The zero-order valence-electron chi connectivity index (χ0n) is 25.9. The third kappa shape index (κ3) is 40.0. The number of hydrogen-bond acceptors (Lipinski definition) is 14. The highest BCUT2D eigenvalue weighted by Crippen LogP contribution is 2.36. The summed E-state index contributed by atoms with van der Waals surface area (Å²) in [6, 6.07) is 0. The van der Waals surface area contributed by atoms with Crippen molar-refractivity contribution in [3.8, 4) is 0 Å². The Kier molecular flexibility index (Phi) is 33.4. The fraction of sp³-hybridized carbons (Fsp3) is 1.00. The second-order valence-corrected chi connectivity index (χ2v) is 17.1. The van der Waals surface area contributed by atoms with Crippen molar-refractivity contribution >= 4 is 40.5 Å². The highest BCUT2D eigenvalue weighted by Gasteiger charge is 2.57. The van der Waals surface area contributed by atoms with E-state index in [9.17, 15) is 77.9 Å². The largest absolute Gasteiger partial charge is 0.726 e. The maximum atomic E-state index is 12.7. The van der Waals surface area contributed by atoms with Crippen molar-refractivity contribution in [2.24, 2.45) is 10.8 Å². The van der Waals surface area contributed by atoms with Crippen molar-refractivity contribution in [3.63, 3.8) is 0 Å². The average Bonchev–Trinajstić information content (AvgIpc) is 2.76. The van der Waals surface area contributed by atoms with Crippen LogP contribution in [0.15, 0.2) is 0 Å². The van der Waals surface area contributed by atoms with E-state index in [1.54, 1.807) is 0 Å². The summed E-state index contributed by atoms with van der Waals surface area (Å²) in [6.07, 6.45) is -9.29. The van der Waals surface area contributed by atoms with Crippen molar-refractivity contribution in [2.75, 3.05) is 63.7 Å². The summed E-state index contributed by atoms with van der Waals surface area (Å²) in [5.74, 6) is -6.11. The smallest absolute Gasteiger partial charge is 0.455 e. The number of alkyl halides is 8. The van der Waals surface area contributed by atoms with E-state index in [1.165, 1.54) is 6.92 Å². The molecule has 0 bridgehead atoms. The molecule has 0 aliphatic rings. The molecular weight excluding hydrogens is 809 g/mol. The molecule has 0 aromatic carbocycles. The van der Waals surface area contributed by atoms with Gasteiger partial charge in [0.15, 0.2) is 0 Å². The normalized spacial score (nSPS) is 14.8. The molecule has 322 valence electrons. The van der Waals surface area contributed by atoms with Gasteiger partial charge in [-0.1, -0.05) is 43.6 Å². The van der Waals surface area contributed by atoms with E-state index in [1.807, 2.05) is 0 Å². The highest BCUT2D eigenvalue weighted by atomic mass is 32.3. The van der Waals surface area contributed by atoms with Gasteiger partial charge in [-0.15, -0.1) is 0 Å². The number of ether oxygens (including phenoxy) is 2. The van der Waals surface area contributed by atoms with Crippen molar-refractivity contribution in [1.29, 1.82) is 0 Å². The van der Waals surface area contributed by atoms with Crippen LogP contribution >= 0.6 is 0 Å². The molecule has 51 heavy (non-hydrogen) atoms. The minimum Gasteiger partial charge on any atom is -0.726 e. The quantitative estimate of drug-likeness (QED) is 0.0992. The first-order valence-corrected chi connectivity index (χ1v) is 18.5. The summed E-state index contributed by atoms with van der Waals surface area (Å²) in [6.45, 7) is -4.45. The van der Waals surface area contributed by atoms with Crippen LogP contribution in [0, 0.1) is 10.8 Å². The lowest BCUT2D eigenvalue weighted by Gasteiger charge is -2.30. The standard InChI is InChI=1S/C10H17F5O7S2.C9H17F3O7S2.4CH4.2H3N/c1-8(3-4-23(2,16)17,6-22-24(18,19)20)5-21-7-9(11,12)10(13,14)15;1-8(3-4-20(2,13)14,6-19-21(15,16)17)5-18-7-9(10,11)12;;;;;;/h3-7H2,1-2H3,(H,18,19,20);3-7H2,1-2H3,(H,15,16,17);4*1H4;2*1H3. The Morgan fingerprint density at radius 1 is 0.510 bits per heavy atom. The number of rotatable bonds is 19. The van der Waals surface area contributed by atoms with Crippen LogP contribution in [0.4, 0.5) is 35.1 Å². The molecule has 0 aliphatic carbocycles. The lowest BCUT2D eigenvalue weighted by molar-refractivity contribution is -0.298. The number of sulfone groups is 2. The van der Waals surface area contributed by atoms with Gasteiger partial charge in [-0.3, -0.25) is 8.37 Å². The van der Waals surface area contributed by atoms with E-state index < -0.39 is 121 Å². The minimum atomic E-state index is -5.84. The average molecular weight is 865 g/mol. The third-order valence-corrected chi connectivity index (χ3v) is 7.83. The van der Waals surface area contributed by atoms with Gasteiger partial charge in [0.1, 0.15) is 32.9 Å². The molecule has 0 aliphatic heterocycles. The fourth-order valence-corrected chi connectivity index (χ4v) is 5.17. The summed E-state index contributed by atoms with van der Waals surface area (Å²) in [5.41, 5.74) is -2.96. The van der Waals surface area contributed by atoms with E-state index in [-0.39, 0.29) is 54.8 Å². The molecule has 0 saturated carbocycles. The van der Waals surface area contributed by atoms with Gasteiger partial charge in [0.25, 0.3) is 0 Å². The molecule has 0 radical (unpaired) electrons. The van der Waals surface area contributed by atoms with E-state index in [0.717, 1.165) is 19.4 Å². The second-order valence-electron chi connectivity index (χ2n) is 10.5. The molecule has 0 aromatic rings. The Bertz CT molecular complexity index is 1290. The van der Waals surface area contributed by atoms with Gasteiger partial charge in [0.05, 0.1) is 37.9 Å². The first-order chi connectivity index (χ1) is 19.5. The molecule has 2 unspecified atom stereocenters. The van der Waals surface area contributed by atoms with E-state index in [2.05, 4.69) is 17.8 Å². The first kappa shape index (κ1) is 68.0. The lowest BCUT2D eigenvalue weighted by atomic mass is 9.90. The molecule has 0 saturated heterocycles. The SMILES string of the molecule is C.C.C.C.CC(CCS(C)(=O)=O)(COCC(F)(F)C(F)(F)F)COS(=O)(=O)[O-].CC(CCS(C)(=O)=O)(COCC(F)(F)F)COS(=O)(=O)[O-].[NH4+].[NH4+]. The maximum absolute atomic E-state index is 12.7. The van der Waals surface area contributed by atoms with Crippen LogP contribution in [0.5, 0.6) is 0 Å². The van der Waals surface area contributed by atoms with Gasteiger partial charge in [0, 0.05) is 23.3 Å². The fourth-order valence-electron chi connectivity index (χ4n) is 2.59. The lowest BCUT2D eigenvalue weighted by Crippen LogP contribution is -2.42. The van der Waals surface area contributed by atoms with Crippen molar-refractivity contribution < 1.29 is 95.7 Å². The predicted octanol–water partition coefficient (Wildman–Crippen LogP) is 4.90. The van der Waals surface area contributed by atoms with Crippen LogP contribution in [0.25, 0.3) is 0 Å². The van der Waals surface area contributed by atoms with E-state index >= 15 is 0 Å². The van der Waals surface area contributed by atoms with E-state index in [0.29, 0.717) is 0 Å². The molecule has 0 rings (SSSR count). The zero-order chi connectivity index (χ0) is 36.4. The number of halogens is 8. The summed E-state index contributed by atoms with van der Waals surface area (Å²) in [4.78, 5) is 0. The van der Waals surface area contributed by atoms with Crippen LogP contribution in [-0.4, -0.2) is 125 Å². The predicted molar refractivity (Wildman–Crippen MR) is 174 cm³/mol. The molecule has 2 atom stereocenters. The number of quaternary nitrogens is 2. The molecule has 0 fully saturated rings. The van der Waals surface area contributed by atoms with Gasteiger partial charge >= 0.3 is 18.3 Å². The second kappa shape index (κ2) is 25.1. The van der Waals surface area contributed by atoms with Crippen molar-refractivity contribution in [2.45, 2.75) is 74.7 Å². The summed E-state index contributed by atoms with van der Waals surface area (Å²) in [5, 5.41) is 0. The third-order valence-electron chi connectivity index (χ3n) is 5.12. The number of hydrogen-bond donors (Lipinski definition) is 2. The maximum Gasteiger partial charge on any atom is 0.455 e. The van der Waals surface area contributed by atoms with Crippen molar-refractivity contribution in [1.82, 2.24) is 12.3 Å². The van der Waals surface area contributed by atoms with Gasteiger partial charge < -0.3 is 30.9 Å². The molecule has 16 nitrogen and oxygen atoms in total. The first-order valence-electron chi connectivity index (χ1n) is 11.7. The molecule has 28 heteroatoms. The van der Waals surface area contributed by atoms with Crippen LogP contribution < -0.4 is 12.3 Å². The Labute approximate surface area is 297 Å². The molecule has 0 spiro atoms. The minimum absolute atomic E-state index is 0. The molecule has 0 heterocycles. The van der Waals surface area contributed by atoms with Crippen molar-refractivity contribution in [3.05, 3.63) is 0 Å². The zero-order valence-corrected chi connectivity index (χ0v) is 29.2. The highest BCUT2D eigenvalue weighted by molar-refractivity contribution is 7.90. The van der Waals surface area contributed by atoms with Crippen LogP contribution in [0.3, 0.4) is 0 Å². The van der Waals surface area contributed by atoms with E-state index in [4.69, 9.17) is 0 Å². The topological polar surface area (TPSA) is 293 Å². The molecule has 0 amide bonds. The Hall–Kier alpha value is -1.08. The molecule has 8 N–H and O–H groups in total. The van der Waals surface area contributed by atoms with Crippen LogP contribution in [0.2, 0.25) is 0 Å².